The maximum absolute atomic E-state index is 16.5. The van der Waals surface area contributed by atoms with Crippen molar-refractivity contribution in [3.63, 3.8) is 0 Å². The Kier molecular flexibility index (Phi) is 5.33. The molecule has 0 fully saturated rings. The fourth-order valence-electron chi connectivity index (χ4n) is 7.98. The van der Waals surface area contributed by atoms with Crippen molar-refractivity contribution >= 4 is 66.9 Å². The van der Waals surface area contributed by atoms with Gasteiger partial charge >= 0.3 is 0 Å². The van der Waals surface area contributed by atoms with Crippen LogP contribution in [0.2, 0.25) is 0 Å². The van der Waals surface area contributed by atoms with Gasteiger partial charge in [0.1, 0.15) is 11.2 Å². The van der Waals surface area contributed by atoms with E-state index in [2.05, 4.69) is 132 Å². The van der Waals surface area contributed by atoms with Gasteiger partial charge in [-0.2, -0.15) is 0 Å². The highest BCUT2D eigenvalue weighted by atomic mass is 31.2. The lowest BCUT2D eigenvalue weighted by atomic mass is 10.0. The summed E-state index contributed by atoms with van der Waals surface area (Å²) >= 11 is 0. The number of aromatic nitrogens is 2. The molecule has 0 amide bonds. The molecule has 1 unspecified atom stereocenters. The van der Waals surface area contributed by atoms with Crippen molar-refractivity contribution in [1.82, 2.24) is 9.38 Å². The minimum Gasteiger partial charge on any atom is -0.313 e. The number of rotatable bonds is 3. The Bertz CT molecular complexity index is 2700. The van der Waals surface area contributed by atoms with Gasteiger partial charge in [0.25, 0.3) is 0 Å². The van der Waals surface area contributed by atoms with Crippen LogP contribution in [0.3, 0.4) is 0 Å². The second-order valence-corrected chi connectivity index (χ2v) is 15.0. The minimum atomic E-state index is -3.38. The normalized spacial score (nSPS) is 14.3. The largest absolute Gasteiger partial charge is 0.313 e. The predicted octanol–water partition coefficient (Wildman–Crippen LogP) is 10.0. The van der Waals surface area contributed by atoms with Crippen molar-refractivity contribution in [2.24, 2.45) is 0 Å². The summed E-state index contributed by atoms with van der Waals surface area (Å²) in [5, 5.41) is 7.42. The van der Waals surface area contributed by atoms with Gasteiger partial charge in [0.2, 0.25) is 0 Å². The van der Waals surface area contributed by atoms with Crippen molar-refractivity contribution in [2.45, 2.75) is 5.66 Å². The van der Waals surface area contributed by atoms with E-state index in [0.717, 1.165) is 65.8 Å². The third kappa shape index (κ3) is 3.33. The van der Waals surface area contributed by atoms with Crippen LogP contribution in [0.5, 0.6) is 0 Å². The number of para-hydroxylation sites is 1. The Morgan fingerprint density at radius 1 is 0.522 bits per heavy atom. The molecule has 1 aliphatic carbocycles. The molecule has 4 heteroatoms. The summed E-state index contributed by atoms with van der Waals surface area (Å²) in [6, 6.07) is 54.8. The molecule has 7 aromatic carbocycles. The number of hydrogen-bond donors (Lipinski definition) is 0. The SMILES string of the molecule is O=P(c1ccccc1)(c1cccc2c1nc1c3ccccc3c3ccc4ccccc4c3n21)C1c2ccccc2-c2ccccc21. The van der Waals surface area contributed by atoms with Gasteiger partial charge in [0, 0.05) is 26.8 Å². The summed E-state index contributed by atoms with van der Waals surface area (Å²) in [6.07, 6.45) is 0. The van der Waals surface area contributed by atoms with E-state index in [1.165, 1.54) is 16.2 Å². The van der Waals surface area contributed by atoms with Crippen LogP contribution in [-0.2, 0) is 4.57 Å². The molecule has 2 aromatic heterocycles. The molecule has 0 saturated heterocycles. The predicted molar refractivity (Wildman–Crippen MR) is 192 cm³/mol. The maximum Gasteiger partial charge on any atom is 0.156 e. The molecular weight excluding hydrogens is 579 g/mol. The molecule has 0 N–H and O–H groups in total. The topological polar surface area (TPSA) is 34.4 Å². The molecule has 0 bridgehead atoms. The van der Waals surface area contributed by atoms with E-state index in [-0.39, 0.29) is 5.66 Å². The summed E-state index contributed by atoms with van der Waals surface area (Å²) in [6.45, 7) is 0. The number of imidazole rings is 1. The van der Waals surface area contributed by atoms with Gasteiger partial charge in [-0.3, -0.25) is 4.40 Å². The molecule has 0 aliphatic heterocycles. The lowest BCUT2D eigenvalue weighted by Gasteiger charge is -2.27. The fourth-order valence-corrected chi connectivity index (χ4v) is 11.5. The van der Waals surface area contributed by atoms with Crippen LogP contribution in [-0.4, -0.2) is 9.38 Å². The number of fused-ring (bicyclic) bond motifs is 13. The Morgan fingerprint density at radius 2 is 1.15 bits per heavy atom. The third-order valence-electron chi connectivity index (χ3n) is 9.91. The molecule has 0 saturated carbocycles. The van der Waals surface area contributed by atoms with Gasteiger partial charge in [-0.15, -0.1) is 0 Å². The Labute approximate surface area is 265 Å². The molecule has 10 rings (SSSR count). The summed E-state index contributed by atoms with van der Waals surface area (Å²) in [5.74, 6) is 0. The van der Waals surface area contributed by atoms with Crippen LogP contribution in [0, 0.1) is 0 Å². The smallest absolute Gasteiger partial charge is 0.156 e. The van der Waals surface area contributed by atoms with E-state index in [1.807, 2.05) is 30.3 Å². The molecule has 1 aliphatic rings. The second-order valence-electron chi connectivity index (χ2n) is 12.2. The monoisotopic (exact) mass is 606 g/mol. The highest BCUT2D eigenvalue weighted by molar-refractivity contribution is 7.79. The zero-order valence-corrected chi connectivity index (χ0v) is 25.7. The van der Waals surface area contributed by atoms with Crippen molar-refractivity contribution in [3.8, 4) is 11.1 Å². The van der Waals surface area contributed by atoms with Crippen molar-refractivity contribution in [1.29, 1.82) is 0 Å². The van der Waals surface area contributed by atoms with E-state index in [1.54, 1.807) is 0 Å². The van der Waals surface area contributed by atoms with Crippen LogP contribution in [0.4, 0.5) is 0 Å². The van der Waals surface area contributed by atoms with Crippen LogP contribution < -0.4 is 10.6 Å². The van der Waals surface area contributed by atoms with E-state index in [9.17, 15) is 0 Å². The summed E-state index contributed by atoms with van der Waals surface area (Å²) in [5.41, 5.74) is 7.97. The average Bonchev–Trinajstić information content (AvgIpc) is 3.68. The number of benzene rings is 7. The first-order chi connectivity index (χ1) is 22.7. The molecule has 3 nitrogen and oxygen atoms in total. The Balaban J connectivity index is 1.39. The van der Waals surface area contributed by atoms with Crippen molar-refractivity contribution in [3.05, 3.63) is 169 Å². The fraction of sp³-hybridized carbons (Fsp3) is 0.0238. The van der Waals surface area contributed by atoms with Gasteiger partial charge < -0.3 is 4.57 Å². The minimum absolute atomic E-state index is 0.327. The quantitative estimate of drug-likeness (QED) is 0.148. The van der Waals surface area contributed by atoms with Gasteiger partial charge in [0.05, 0.1) is 16.7 Å². The first-order valence-electron chi connectivity index (χ1n) is 15.7. The number of pyridine rings is 1. The van der Waals surface area contributed by atoms with Crippen molar-refractivity contribution in [2.75, 3.05) is 0 Å². The van der Waals surface area contributed by atoms with Gasteiger partial charge in [0.15, 0.2) is 7.14 Å². The van der Waals surface area contributed by atoms with Gasteiger partial charge in [-0.25, -0.2) is 4.98 Å². The molecule has 1 atom stereocenters. The summed E-state index contributed by atoms with van der Waals surface area (Å²) < 4.78 is 18.8. The summed E-state index contributed by atoms with van der Waals surface area (Å²) in [7, 11) is -3.38. The Hall–Kier alpha value is -5.50. The molecule has 46 heavy (non-hydrogen) atoms. The van der Waals surface area contributed by atoms with E-state index in [0.29, 0.717) is 0 Å². The highest BCUT2D eigenvalue weighted by Crippen LogP contribution is 2.66. The molecule has 9 aromatic rings. The van der Waals surface area contributed by atoms with E-state index < -0.39 is 7.14 Å². The van der Waals surface area contributed by atoms with Gasteiger partial charge in [-0.1, -0.05) is 146 Å². The number of hydrogen-bond acceptors (Lipinski definition) is 2. The average molecular weight is 607 g/mol. The van der Waals surface area contributed by atoms with Crippen LogP contribution >= 0.6 is 7.14 Å². The van der Waals surface area contributed by atoms with E-state index >= 15 is 4.57 Å². The lowest BCUT2D eigenvalue weighted by Crippen LogP contribution is -2.22. The molecule has 216 valence electrons. The standard InChI is InChI=1S/C42H27N2OP/c45-46(28-14-2-1-3-15-28,41-34-20-9-6-17-30(34)31-18-7-10-21-35(31)41)38-24-12-23-37-39(38)43-42-36-22-11-8-19-32(36)33-26-25-27-13-4-5-16-29(27)40(33)44(37)42/h1-26,41H. The summed E-state index contributed by atoms with van der Waals surface area (Å²) in [4.78, 5) is 5.47. The van der Waals surface area contributed by atoms with Crippen LogP contribution in [0.1, 0.15) is 16.8 Å². The molecule has 0 radical (unpaired) electrons. The van der Waals surface area contributed by atoms with Gasteiger partial charge in [-0.05, 0) is 45.2 Å². The maximum atomic E-state index is 16.5. The molecular formula is C42H27N2OP. The highest BCUT2D eigenvalue weighted by Gasteiger charge is 2.45. The molecule has 2 heterocycles. The van der Waals surface area contributed by atoms with E-state index in [4.69, 9.17) is 4.98 Å². The lowest BCUT2D eigenvalue weighted by molar-refractivity contribution is 0.583. The van der Waals surface area contributed by atoms with Crippen molar-refractivity contribution < 1.29 is 4.57 Å². The number of nitrogens with zero attached hydrogens (tertiary/aromatic N) is 2. The van der Waals surface area contributed by atoms with Crippen LogP contribution in [0.25, 0.3) is 60.3 Å². The zero-order valence-electron chi connectivity index (χ0n) is 24.8. The molecule has 0 spiro atoms. The first kappa shape index (κ1) is 25.8. The third-order valence-corrected chi connectivity index (χ3v) is 13.3. The Morgan fingerprint density at radius 3 is 1.91 bits per heavy atom. The van der Waals surface area contributed by atoms with Crippen LogP contribution in [0.15, 0.2) is 158 Å². The second kappa shape index (κ2) is 9.50. The zero-order chi connectivity index (χ0) is 30.4. The first-order valence-corrected chi connectivity index (χ1v) is 17.5.